The minimum absolute atomic E-state index is 0.0423. The molecule has 1 atom stereocenters. The maximum Gasteiger partial charge on any atom is 0.273 e. The van der Waals surface area contributed by atoms with Gasteiger partial charge >= 0.3 is 0 Å². The predicted molar refractivity (Wildman–Crippen MR) is 156 cm³/mol. The summed E-state index contributed by atoms with van der Waals surface area (Å²) in [7, 11) is 0. The highest BCUT2D eigenvalue weighted by molar-refractivity contribution is 5.83. The largest absolute Gasteiger partial charge is 0.395 e. The minimum Gasteiger partial charge on any atom is -0.395 e. The third kappa shape index (κ3) is 6.41. The van der Waals surface area contributed by atoms with E-state index < -0.39 is 5.92 Å². The number of nitrogens with one attached hydrogen (secondary N) is 1. The molecule has 2 aliphatic heterocycles. The Morgan fingerprint density at radius 3 is 2.52 bits per heavy atom. The lowest BCUT2D eigenvalue weighted by atomic mass is 9.84. The molecule has 2 aliphatic rings. The summed E-state index contributed by atoms with van der Waals surface area (Å²) >= 11 is 0. The number of nitrogens with zero attached hydrogens (tertiary/aromatic N) is 2. The summed E-state index contributed by atoms with van der Waals surface area (Å²) in [5.74, 6) is -1.84. The van der Waals surface area contributed by atoms with Gasteiger partial charge in [-0.25, -0.2) is 8.78 Å². The number of carbonyl (C=O) groups is 1. The first-order chi connectivity index (χ1) is 19.4. The molecule has 3 heterocycles. The first kappa shape index (κ1) is 28.7. The van der Waals surface area contributed by atoms with Crippen LogP contribution in [0.25, 0.3) is 10.9 Å². The summed E-state index contributed by atoms with van der Waals surface area (Å²) in [6.07, 6.45) is 7.17. The molecule has 40 heavy (non-hydrogen) atoms. The van der Waals surface area contributed by atoms with Gasteiger partial charge in [0.15, 0.2) is 0 Å². The number of aliphatic hydroxyl groups excluding tert-OH is 1. The highest BCUT2D eigenvalue weighted by Crippen LogP contribution is 2.36. The number of hydrogen-bond donors (Lipinski definition) is 2. The molecule has 216 valence electrons. The van der Waals surface area contributed by atoms with Gasteiger partial charge in [-0.2, -0.15) is 0 Å². The van der Waals surface area contributed by atoms with Crippen molar-refractivity contribution in [2.75, 3.05) is 32.8 Å². The Morgan fingerprint density at radius 2 is 1.80 bits per heavy atom. The van der Waals surface area contributed by atoms with E-state index in [0.29, 0.717) is 44.2 Å². The maximum atomic E-state index is 14.3. The van der Waals surface area contributed by atoms with Gasteiger partial charge in [-0.05, 0) is 80.3 Å². The summed E-state index contributed by atoms with van der Waals surface area (Å²) in [4.78, 5) is 20.8. The first-order valence-electron chi connectivity index (χ1n) is 15.1. The molecule has 0 saturated carbocycles. The Balaban J connectivity index is 1.09. The van der Waals surface area contributed by atoms with Crippen LogP contribution in [0, 0.1) is 5.92 Å². The van der Waals surface area contributed by atoms with E-state index in [0.717, 1.165) is 44.3 Å². The number of H-pyrrole nitrogens is 1. The molecule has 1 aromatic heterocycles. The van der Waals surface area contributed by atoms with E-state index in [1.54, 1.807) is 19.1 Å². The quantitative estimate of drug-likeness (QED) is 0.304. The monoisotopic (exact) mass is 551 g/mol. The third-order valence-corrected chi connectivity index (χ3v) is 9.22. The topological polar surface area (TPSA) is 59.6 Å². The van der Waals surface area contributed by atoms with Gasteiger partial charge in [0, 0.05) is 54.6 Å². The fraction of sp³-hybridized carbons (Fsp3) is 0.545. The van der Waals surface area contributed by atoms with Crippen molar-refractivity contribution in [3.05, 3.63) is 71.4 Å². The number of aromatic nitrogens is 1. The average Bonchev–Trinajstić information content (AvgIpc) is 3.41. The number of carbonyl (C=O) groups excluding carboxylic acids is 1. The van der Waals surface area contributed by atoms with E-state index in [1.165, 1.54) is 22.5 Å². The molecule has 3 aromatic rings. The molecule has 7 heteroatoms. The second kappa shape index (κ2) is 12.8. The number of alkyl halides is 2. The summed E-state index contributed by atoms with van der Waals surface area (Å²) in [6, 6.07) is 15.2. The summed E-state index contributed by atoms with van der Waals surface area (Å²) in [5, 5.41) is 11.7. The van der Waals surface area contributed by atoms with E-state index in [-0.39, 0.29) is 30.5 Å². The van der Waals surface area contributed by atoms with Crippen LogP contribution in [0.5, 0.6) is 0 Å². The van der Waals surface area contributed by atoms with E-state index in [1.807, 2.05) is 11.0 Å². The Morgan fingerprint density at radius 1 is 1.05 bits per heavy atom. The van der Waals surface area contributed by atoms with Crippen LogP contribution in [0.3, 0.4) is 0 Å². The Hall–Kier alpha value is -2.77. The van der Waals surface area contributed by atoms with Crippen LogP contribution < -0.4 is 0 Å². The molecule has 1 unspecified atom stereocenters. The molecule has 2 aromatic carbocycles. The van der Waals surface area contributed by atoms with Gasteiger partial charge in [-0.1, -0.05) is 49.7 Å². The molecule has 5 nitrogen and oxygen atoms in total. The van der Waals surface area contributed by atoms with Crippen LogP contribution in [-0.4, -0.2) is 64.6 Å². The number of halogens is 2. The zero-order chi connectivity index (χ0) is 28.1. The van der Waals surface area contributed by atoms with Crippen LogP contribution >= 0.6 is 0 Å². The van der Waals surface area contributed by atoms with Gasteiger partial charge in [0.25, 0.3) is 5.92 Å². The van der Waals surface area contributed by atoms with E-state index in [4.69, 9.17) is 0 Å². The van der Waals surface area contributed by atoms with Crippen molar-refractivity contribution in [1.82, 2.24) is 14.8 Å². The minimum atomic E-state index is -2.83. The van der Waals surface area contributed by atoms with Gasteiger partial charge in [-0.3, -0.25) is 9.69 Å². The van der Waals surface area contributed by atoms with Crippen molar-refractivity contribution in [2.24, 2.45) is 5.92 Å². The number of amides is 1. The molecule has 0 bridgehead atoms. The lowest BCUT2D eigenvalue weighted by molar-refractivity contribution is -0.133. The first-order valence-corrected chi connectivity index (χ1v) is 15.1. The lowest BCUT2D eigenvalue weighted by Crippen LogP contribution is -2.50. The molecular formula is C33H43F2N3O2. The van der Waals surface area contributed by atoms with Crippen LogP contribution in [0.1, 0.15) is 74.5 Å². The Bertz CT molecular complexity index is 1260. The summed E-state index contributed by atoms with van der Waals surface area (Å²) in [6.45, 7) is 5.25. The summed E-state index contributed by atoms with van der Waals surface area (Å²) in [5.41, 5.74) is 3.43. The number of likely N-dealkylation sites (tertiary alicyclic amines) is 2. The van der Waals surface area contributed by atoms with Crippen molar-refractivity contribution in [1.29, 1.82) is 0 Å². The van der Waals surface area contributed by atoms with Crippen LogP contribution in [0.4, 0.5) is 8.78 Å². The molecule has 0 radical (unpaired) electrons. The number of benzene rings is 2. The number of hydrogen-bond acceptors (Lipinski definition) is 3. The zero-order valence-electron chi connectivity index (χ0n) is 23.6. The Kier molecular flexibility index (Phi) is 9.21. The number of aromatic amines is 1. The van der Waals surface area contributed by atoms with Crippen LogP contribution in [0.2, 0.25) is 0 Å². The highest BCUT2D eigenvalue weighted by Gasteiger charge is 2.34. The molecule has 1 amide bonds. The third-order valence-electron chi connectivity index (χ3n) is 9.22. The maximum absolute atomic E-state index is 14.3. The van der Waals surface area contributed by atoms with Gasteiger partial charge < -0.3 is 15.0 Å². The van der Waals surface area contributed by atoms with E-state index >= 15 is 0 Å². The molecule has 2 N–H and O–H groups in total. The summed E-state index contributed by atoms with van der Waals surface area (Å²) < 4.78 is 28.7. The molecular weight excluding hydrogens is 508 g/mol. The van der Waals surface area contributed by atoms with Crippen molar-refractivity contribution >= 4 is 16.8 Å². The fourth-order valence-electron chi connectivity index (χ4n) is 6.89. The lowest BCUT2D eigenvalue weighted by Gasteiger charge is -2.43. The van der Waals surface area contributed by atoms with Crippen LogP contribution in [0.15, 0.2) is 54.7 Å². The molecule has 0 spiro atoms. The SMILES string of the molecule is CCCC(F)(F)c1cccc(CCC(=O)N2CCC(C(CO)N3CCC(c4c[nH]c5ccccc45)CC3)CC2)c1. The van der Waals surface area contributed by atoms with Gasteiger partial charge in [0.1, 0.15) is 0 Å². The van der Waals surface area contributed by atoms with Crippen molar-refractivity contribution < 1.29 is 18.7 Å². The number of aryl methyl sites for hydroxylation is 1. The molecule has 2 fully saturated rings. The molecule has 5 rings (SSSR count). The van der Waals surface area contributed by atoms with Crippen molar-refractivity contribution in [3.63, 3.8) is 0 Å². The van der Waals surface area contributed by atoms with Gasteiger partial charge in [0.05, 0.1) is 6.61 Å². The second-order valence-corrected chi connectivity index (χ2v) is 11.7. The fourth-order valence-corrected chi connectivity index (χ4v) is 6.89. The molecule has 2 saturated heterocycles. The normalized spacial score (nSPS) is 18.9. The standard InChI is InChI=1S/C33H43F2N3O2/c1-2-16-33(34,35)27-7-5-6-24(21-27)10-11-32(40)38-19-14-26(15-20-38)31(23-39)37-17-12-25(13-18-37)29-22-36-30-9-4-3-8-28(29)30/h3-9,21-22,25-26,31,36,39H,2,10-20,23H2,1H3. The van der Waals surface area contributed by atoms with Gasteiger partial charge in [-0.15, -0.1) is 0 Å². The number of aliphatic hydroxyl groups is 1. The highest BCUT2D eigenvalue weighted by atomic mass is 19.3. The zero-order valence-corrected chi connectivity index (χ0v) is 23.6. The number of fused-ring (bicyclic) bond motifs is 1. The van der Waals surface area contributed by atoms with Gasteiger partial charge in [0.2, 0.25) is 5.91 Å². The van der Waals surface area contributed by atoms with Crippen LogP contribution in [-0.2, 0) is 17.1 Å². The number of piperidine rings is 2. The molecule has 0 aliphatic carbocycles. The van der Waals surface area contributed by atoms with Crippen molar-refractivity contribution in [2.45, 2.75) is 76.2 Å². The smallest absolute Gasteiger partial charge is 0.273 e. The predicted octanol–water partition coefficient (Wildman–Crippen LogP) is 6.47. The van der Waals surface area contributed by atoms with Crippen molar-refractivity contribution in [3.8, 4) is 0 Å². The average molecular weight is 552 g/mol. The number of rotatable bonds is 10. The van der Waals surface area contributed by atoms with E-state index in [9.17, 15) is 18.7 Å². The number of para-hydroxylation sites is 1. The van der Waals surface area contributed by atoms with E-state index in [2.05, 4.69) is 40.3 Å². The second-order valence-electron chi connectivity index (χ2n) is 11.7. The Labute approximate surface area is 236 Å².